The summed E-state index contributed by atoms with van der Waals surface area (Å²) in [4.78, 5) is 79.7. The molecule has 0 bridgehead atoms. The summed E-state index contributed by atoms with van der Waals surface area (Å²) in [6.07, 6.45) is 1.32. The van der Waals surface area contributed by atoms with Crippen molar-refractivity contribution in [2.24, 2.45) is 5.92 Å². The molecular formula is C38H46N2O10. The molecule has 50 heavy (non-hydrogen) atoms. The van der Waals surface area contributed by atoms with Crippen molar-refractivity contribution >= 4 is 35.7 Å². The van der Waals surface area contributed by atoms with E-state index in [1.54, 1.807) is 90.1 Å². The lowest BCUT2D eigenvalue weighted by Gasteiger charge is -2.30. The Morgan fingerprint density at radius 1 is 0.660 bits per heavy atom. The van der Waals surface area contributed by atoms with Crippen LogP contribution in [-0.2, 0) is 28.5 Å². The van der Waals surface area contributed by atoms with Crippen LogP contribution < -0.4 is 0 Å². The molecule has 5 atom stereocenters. The molecule has 2 aromatic rings. The second-order valence-electron chi connectivity index (χ2n) is 15.3. The highest BCUT2D eigenvalue weighted by Gasteiger charge is 2.57. The van der Waals surface area contributed by atoms with Crippen LogP contribution in [0.1, 0.15) is 94.9 Å². The average molecular weight is 691 g/mol. The van der Waals surface area contributed by atoms with Crippen LogP contribution in [0.25, 0.3) is 11.1 Å². The molecule has 2 aliphatic heterocycles. The first-order valence-corrected chi connectivity index (χ1v) is 17.0. The number of hydrogen-bond acceptors (Lipinski definition) is 10. The standard InChI is InChI=1S/C38H46N2O10/c1-22-8-17-28(39(22)35(45)49-37(2,3)4)34(44)48-20-31(41)25-13-9-23(10-14-25)24-11-15-26(16-12-24)33(43)47-21-32(42)30-19-27-18-29(27)40(30)36(46)50-38(5,6)7/h9-16,22,27-30H,8,17-21H2,1-7H3/t22?,27?,28-,29?,30-/m0/s1. The number of amides is 2. The van der Waals surface area contributed by atoms with Gasteiger partial charge in [0, 0.05) is 17.6 Å². The molecule has 2 heterocycles. The Morgan fingerprint density at radius 3 is 1.76 bits per heavy atom. The first-order valence-electron chi connectivity index (χ1n) is 17.0. The maximum atomic E-state index is 13.0. The fourth-order valence-electron chi connectivity index (χ4n) is 6.44. The topological polar surface area (TPSA) is 146 Å². The highest BCUT2D eigenvalue weighted by atomic mass is 16.6. The number of nitrogens with zero attached hydrogens (tertiary/aromatic N) is 2. The highest BCUT2D eigenvalue weighted by Crippen LogP contribution is 2.48. The van der Waals surface area contributed by atoms with Crippen molar-refractivity contribution in [3.63, 3.8) is 0 Å². The van der Waals surface area contributed by atoms with Crippen LogP contribution in [0.5, 0.6) is 0 Å². The molecule has 2 aromatic carbocycles. The van der Waals surface area contributed by atoms with E-state index in [4.69, 9.17) is 18.9 Å². The van der Waals surface area contributed by atoms with E-state index in [1.807, 2.05) is 6.92 Å². The van der Waals surface area contributed by atoms with Crippen LogP contribution >= 0.6 is 0 Å². The van der Waals surface area contributed by atoms with E-state index in [1.165, 1.54) is 9.80 Å². The van der Waals surface area contributed by atoms with Gasteiger partial charge in [0.15, 0.2) is 24.8 Å². The maximum absolute atomic E-state index is 13.0. The lowest BCUT2D eigenvalue weighted by molar-refractivity contribution is -0.148. The van der Waals surface area contributed by atoms with Gasteiger partial charge in [0.1, 0.15) is 17.2 Å². The molecule has 12 heteroatoms. The van der Waals surface area contributed by atoms with E-state index < -0.39 is 66.4 Å². The summed E-state index contributed by atoms with van der Waals surface area (Å²) in [7, 11) is 0. The number of rotatable bonds is 9. The molecule has 2 amide bonds. The molecule has 12 nitrogen and oxygen atoms in total. The van der Waals surface area contributed by atoms with Gasteiger partial charge in [-0.25, -0.2) is 19.2 Å². The summed E-state index contributed by atoms with van der Waals surface area (Å²) in [6, 6.07) is 11.7. The number of esters is 2. The van der Waals surface area contributed by atoms with Gasteiger partial charge >= 0.3 is 24.1 Å². The lowest BCUT2D eigenvalue weighted by Crippen LogP contribution is -2.47. The molecule has 0 N–H and O–H groups in total. The zero-order chi connectivity index (χ0) is 36.5. The van der Waals surface area contributed by atoms with Crippen molar-refractivity contribution in [3.8, 4) is 11.1 Å². The summed E-state index contributed by atoms with van der Waals surface area (Å²) in [5, 5.41) is 0. The zero-order valence-corrected chi connectivity index (χ0v) is 29.7. The second kappa shape index (κ2) is 14.2. The molecule has 0 aromatic heterocycles. The Bertz CT molecular complexity index is 1530. The molecule has 0 radical (unpaired) electrons. The normalized spacial score (nSPS) is 22.7. The predicted octanol–water partition coefficient (Wildman–Crippen LogP) is 5.99. The number of fused-ring (bicyclic) bond motifs is 1. The van der Waals surface area contributed by atoms with Crippen molar-refractivity contribution in [1.82, 2.24) is 9.80 Å². The van der Waals surface area contributed by atoms with Crippen LogP contribution in [0, 0.1) is 5.92 Å². The third kappa shape index (κ3) is 8.70. The minimum Gasteiger partial charge on any atom is -0.456 e. The summed E-state index contributed by atoms with van der Waals surface area (Å²) in [6.45, 7) is 11.5. The predicted molar refractivity (Wildman–Crippen MR) is 181 cm³/mol. The number of likely N-dealkylation sites (tertiary alicyclic amines) is 2. The van der Waals surface area contributed by atoms with E-state index in [-0.39, 0.29) is 29.3 Å². The maximum Gasteiger partial charge on any atom is 0.411 e. The molecule has 3 fully saturated rings. The Labute approximate surface area is 292 Å². The monoisotopic (exact) mass is 690 g/mol. The van der Waals surface area contributed by atoms with Crippen molar-refractivity contribution in [1.29, 1.82) is 0 Å². The van der Waals surface area contributed by atoms with Crippen molar-refractivity contribution in [2.75, 3.05) is 13.2 Å². The third-order valence-electron chi connectivity index (χ3n) is 8.98. The summed E-state index contributed by atoms with van der Waals surface area (Å²) < 4.78 is 21.6. The van der Waals surface area contributed by atoms with Crippen LogP contribution in [0.4, 0.5) is 9.59 Å². The minimum absolute atomic E-state index is 0.00361. The molecule has 5 rings (SSSR count). The molecule has 268 valence electrons. The Kier molecular flexibility index (Phi) is 10.4. The second-order valence-corrected chi connectivity index (χ2v) is 15.3. The fraction of sp³-hybridized carbons (Fsp3) is 0.526. The third-order valence-corrected chi connectivity index (χ3v) is 8.98. The van der Waals surface area contributed by atoms with Crippen LogP contribution in [0.2, 0.25) is 0 Å². The smallest absolute Gasteiger partial charge is 0.411 e. The van der Waals surface area contributed by atoms with Crippen molar-refractivity contribution < 1.29 is 47.7 Å². The number of benzene rings is 2. The van der Waals surface area contributed by atoms with Crippen LogP contribution in [0.15, 0.2) is 48.5 Å². The van der Waals surface area contributed by atoms with Gasteiger partial charge in [-0.15, -0.1) is 0 Å². The average Bonchev–Trinajstić information content (AvgIpc) is 3.51. The first kappa shape index (κ1) is 36.5. The van der Waals surface area contributed by atoms with Gasteiger partial charge < -0.3 is 18.9 Å². The number of piperidine rings is 1. The number of ether oxygens (including phenoxy) is 4. The largest absolute Gasteiger partial charge is 0.456 e. The summed E-state index contributed by atoms with van der Waals surface area (Å²) >= 11 is 0. The van der Waals surface area contributed by atoms with Crippen LogP contribution in [0.3, 0.4) is 0 Å². The lowest BCUT2D eigenvalue weighted by atomic mass is 10.0. The Morgan fingerprint density at radius 2 is 1.20 bits per heavy atom. The van der Waals surface area contributed by atoms with Gasteiger partial charge in [-0.05, 0) is 103 Å². The quantitative estimate of drug-likeness (QED) is 0.175. The SMILES string of the molecule is CC1CC[C@@H](C(=O)OCC(=O)c2ccc(-c3ccc(C(=O)OCC(=O)[C@@H]4CC5CC5N4C(=O)OC(C)(C)C)cc3)cc2)N1C(=O)OC(C)(C)C. The Hall–Kier alpha value is -4.74. The minimum atomic E-state index is -0.817. The molecule has 0 spiro atoms. The molecule has 1 saturated carbocycles. The number of carbonyl (C=O) groups excluding carboxylic acids is 6. The Balaban J connectivity index is 1.10. The van der Waals surface area contributed by atoms with Crippen molar-refractivity contribution in [2.45, 2.75) is 110 Å². The van der Waals surface area contributed by atoms with Gasteiger partial charge in [-0.2, -0.15) is 0 Å². The van der Waals surface area contributed by atoms with E-state index in [0.29, 0.717) is 24.8 Å². The highest BCUT2D eigenvalue weighted by molar-refractivity contribution is 5.99. The number of carbonyl (C=O) groups is 6. The summed E-state index contributed by atoms with van der Waals surface area (Å²) in [5.41, 5.74) is 0.768. The fourth-order valence-corrected chi connectivity index (χ4v) is 6.44. The van der Waals surface area contributed by atoms with Gasteiger partial charge in [-0.1, -0.05) is 36.4 Å². The van der Waals surface area contributed by atoms with E-state index in [0.717, 1.165) is 17.5 Å². The molecule has 1 aliphatic carbocycles. The first-order chi connectivity index (χ1) is 23.4. The number of hydrogen-bond donors (Lipinski definition) is 0. The van der Waals surface area contributed by atoms with Crippen LogP contribution in [-0.4, -0.2) is 94.1 Å². The van der Waals surface area contributed by atoms with E-state index in [9.17, 15) is 28.8 Å². The molecular weight excluding hydrogens is 644 g/mol. The van der Waals surface area contributed by atoms with Gasteiger partial charge in [0.2, 0.25) is 0 Å². The number of ketones is 2. The molecule has 2 saturated heterocycles. The zero-order valence-electron chi connectivity index (χ0n) is 29.7. The molecule has 3 unspecified atom stereocenters. The molecule has 3 aliphatic rings. The van der Waals surface area contributed by atoms with Gasteiger partial charge in [-0.3, -0.25) is 19.4 Å². The van der Waals surface area contributed by atoms with Crippen molar-refractivity contribution in [3.05, 3.63) is 59.7 Å². The van der Waals surface area contributed by atoms with Gasteiger partial charge in [0.05, 0.1) is 11.6 Å². The van der Waals surface area contributed by atoms with Gasteiger partial charge in [0.25, 0.3) is 0 Å². The summed E-state index contributed by atoms with van der Waals surface area (Å²) in [5.74, 6) is -1.77. The van der Waals surface area contributed by atoms with E-state index in [2.05, 4.69) is 0 Å². The van der Waals surface area contributed by atoms with E-state index >= 15 is 0 Å². The number of Topliss-reactive ketones (excluding diaryl/α,β-unsaturated/α-hetero) is 2.